The van der Waals surface area contributed by atoms with E-state index >= 15 is 0 Å². The maximum atomic E-state index is 13.2. The van der Waals surface area contributed by atoms with Crippen LogP contribution in [0, 0.1) is 39.8 Å². The fraction of sp³-hybridized carbons (Fsp3) is 0.409. The minimum Gasteiger partial charge on any atom is -0.465 e. The lowest BCUT2D eigenvalue weighted by molar-refractivity contribution is 0.0463. The Morgan fingerprint density at radius 1 is 1.33 bits per heavy atom. The van der Waals surface area contributed by atoms with Gasteiger partial charge in [-0.1, -0.05) is 0 Å². The molecule has 3 atom stereocenters. The van der Waals surface area contributed by atoms with Gasteiger partial charge in [0.1, 0.15) is 11.4 Å². The van der Waals surface area contributed by atoms with E-state index in [0.29, 0.717) is 5.69 Å². The molecule has 1 saturated heterocycles. The van der Waals surface area contributed by atoms with Crippen LogP contribution in [0.3, 0.4) is 0 Å². The standard InChI is InChI=1S/C22H24FN7O3/c1-22(2,12-25)9-17-18(13(10-24)7-8-29(17)21(32)33)30-11-16(19(26)31)20(28-30)27-15-5-3-14(23)4-6-15/h3-6,11,13,17-18H,7-9H2,1-2H3,(H2,26,31)(H,27,28)(H,32,33)/t13-,17?,18-/m0/s1. The van der Waals surface area contributed by atoms with Crippen molar-refractivity contribution in [3.8, 4) is 12.1 Å². The molecule has 10 nitrogen and oxygen atoms in total. The zero-order chi connectivity index (χ0) is 24.3. The van der Waals surface area contributed by atoms with E-state index in [1.54, 1.807) is 13.8 Å². The van der Waals surface area contributed by atoms with Gasteiger partial charge in [0.15, 0.2) is 5.82 Å². The van der Waals surface area contributed by atoms with Gasteiger partial charge in [-0.2, -0.15) is 15.6 Å². The second-order valence-electron chi connectivity index (χ2n) is 8.63. The fourth-order valence-electron chi connectivity index (χ4n) is 4.09. The van der Waals surface area contributed by atoms with Gasteiger partial charge in [0.05, 0.1) is 35.6 Å². The van der Waals surface area contributed by atoms with Crippen LogP contribution in [0.25, 0.3) is 0 Å². The summed E-state index contributed by atoms with van der Waals surface area (Å²) in [5.41, 5.74) is 5.15. The monoisotopic (exact) mass is 453 g/mol. The third-order valence-electron chi connectivity index (χ3n) is 5.73. The van der Waals surface area contributed by atoms with Crippen molar-refractivity contribution in [3.05, 3.63) is 41.8 Å². The van der Waals surface area contributed by atoms with Gasteiger partial charge < -0.3 is 21.1 Å². The highest BCUT2D eigenvalue weighted by Gasteiger charge is 2.45. The molecule has 172 valence electrons. The molecule has 1 aromatic carbocycles. The molecule has 33 heavy (non-hydrogen) atoms. The van der Waals surface area contributed by atoms with E-state index < -0.39 is 41.2 Å². The van der Waals surface area contributed by atoms with Crippen LogP contribution in [0.1, 0.15) is 43.1 Å². The molecule has 0 radical (unpaired) electrons. The van der Waals surface area contributed by atoms with Crippen LogP contribution < -0.4 is 11.1 Å². The smallest absolute Gasteiger partial charge is 0.407 e. The van der Waals surface area contributed by atoms with Crippen LogP contribution in [0.5, 0.6) is 0 Å². The predicted molar refractivity (Wildman–Crippen MR) is 116 cm³/mol. The molecule has 1 aliphatic heterocycles. The van der Waals surface area contributed by atoms with Crippen molar-refractivity contribution >= 4 is 23.5 Å². The van der Waals surface area contributed by atoms with Gasteiger partial charge in [0, 0.05) is 18.4 Å². The number of likely N-dealkylation sites (tertiary alicyclic amines) is 1. The number of primary amides is 1. The lowest BCUT2D eigenvalue weighted by Crippen LogP contribution is -2.53. The summed E-state index contributed by atoms with van der Waals surface area (Å²) in [5, 5.41) is 36.5. The van der Waals surface area contributed by atoms with Gasteiger partial charge in [-0.25, -0.2) is 9.18 Å². The molecule has 1 aliphatic rings. The Kier molecular flexibility index (Phi) is 6.54. The number of anilines is 2. The van der Waals surface area contributed by atoms with Crippen molar-refractivity contribution in [2.24, 2.45) is 17.1 Å². The molecule has 2 amide bonds. The van der Waals surface area contributed by atoms with Crippen LogP contribution in [-0.4, -0.2) is 44.4 Å². The molecular formula is C22H24FN7O3. The van der Waals surface area contributed by atoms with E-state index in [0.717, 1.165) is 0 Å². The van der Waals surface area contributed by atoms with Gasteiger partial charge in [-0.3, -0.25) is 9.48 Å². The quantitative estimate of drug-likeness (QED) is 0.605. The fourth-order valence-corrected chi connectivity index (χ4v) is 4.09. The topological polar surface area (TPSA) is 161 Å². The summed E-state index contributed by atoms with van der Waals surface area (Å²) in [4.78, 5) is 25.3. The number of carbonyl (C=O) groups is 2. The lowest BCUT2D eigenvalue weighted by atomic mass is 9.78. The molecule has 2 aromatic rings. The third-order valence-corrected chi connectivity index (χ3v) is 5.73. The normalized spacial score (nSPS) is 20.5. The van der Waals surface area contributed by atoms with Crippen LogP contribution >= 0.6 is 0 Å². The predicted octanol–water partition coefficient (Wildman–Crippen LogP) is 3.24. The van der Waals surface area contributed by atoms with Gasteiger partial charge in [-0.15, -0.1) is 0 Å². The molecule has 3 rings (SSSR count). The van der Waals surface area contributed by atoms with Crippen molar-refractivity contribution in [2.75, 3.05) is 11.9 Å². The number of nitrogens with one attached hydrogen (secondary N) is 1. The van der Waals surface area contributed by atoms with Crippen molar-refractivity contribution in [3.63, 3.8) is 0 Å². The molecular weight excluding hydrogens is 429 g/mol. The molecule has 1 aromatic heterocycles. The Balaban J connectivity index is 2.08. The van der Waals surface area contributed by atoms with Crippen molar-refractivity contribution < 1.29 is 19.1 Å². The zero-order valence-electron chi connectivity index (χ0n) is 18.2. The SMILES string of the molecule is CC(C)(C#N)CC1[C@@H](n2cc(C(N)=O)c(Nc3ccc(F)cc3)n2)[C@H](C#N)CCN1C(=O)O. The number of piperidine rings is 1. The van der Waals surface area contributed by atoms with E-state index in [1.807, 2.05) is 0 Å². The first-order chi connectivity index (χ1) is 15.6. The maximum Gasteiger partial charge on any atom is 0.407 e. The second kappa shape index (κ2) is 9.17. The Bertz CT molecular complexity index is 1130. The van der Waals surface area contributed by atoms with Crippen molar-refractivity contribution in [1.82, 2.24) is 14.7 Å². The minimum atomic E-state index is -1.16. The molecule has 1 fully saturated rings. The average Bonchev–Trinajstić information content (AvgIpc) is 3.18. The summed E-state index contributed by atoms with van der Waals surface area (Å²) in [7, 11) is 0. The summed E-state index contributed by atoms with van der Waals surface area (Å²) in [5.74, 6) is -1.73. The number of aromatic nitrogens is 2. The summed E-state index contributed by atoms with van der Waals surface area (Å²) in [6.45, 7) is 3.53. The van der Waals surface area contributed by atoms with E-state index in [1.165, 1.54) is 40.0 Å². The maximum absolute atomic E-state index is 13.2. The first-order valence-electron chi connectivity index (χ1n) is 10.3. The largest absolute Gasteiger partial charge is 0.465 e. The molecule has 0 spiro atoms. The third kappa shape index (κ3) is 5.04. The number of nitrogens with two attached hydrogens (primary N) is 1. The minimum absolute atomic E-state index is 0.0294. The summed E-state index contributed by atoms with van der Waals surface area (Å²) in [6, 6.07) is 8.29. The Morgan fingerprint density at radius 2 is 2.00 bits per heavy atom. The first kappa shape index (κ1) is 23.5. The first-order valence-corrected chi connectivity index (χ1v) is 10.3. The number of hydrogen-bond acceptors (Lipinski definition) is 6. The van der Waals surface area contributed by atoms with Crippen LogP contribution in [0.2, 0.25) is 0 Å². The van der Waals surface area contributed by atoms with Gasteiger partial charge in [0.2, 0.25) is 0 Å². The molecule has 0 bridgehead atoms. The van der Waals surface area contributed by atoms with Crippen LogP contribution in [0.15, 0.2) is 30.5 Å². The van der Waals surface area contributed by atoms with E-state index in [2.05, 4.69) is 22.6 Å². The molecule has 2 heterocycles. The Labute approximate surface area is 190 Å². The highest BCUT2D eigenvalue weighted by Crippen LogP contribution is 2.39. The van der Waals surface area contributed by atoms with Gasteiger partial charge in [-0.05, 0) is 51.0 Å². The van der Waals surface area contributed by atoms with Gasteiger partial charge >= 0.3 is 6.09 Å². The van der Waals surface area contributed by atoms with E-state index in [4.69, 9.17) is 5.73 Å². The Morgan fingerprint density at radius 3 is 2.55 bits per heavy atom. The highest BCUT2D eigenvalue weighted by molar-refractivity contribution is 5.98. The van der Waals surface area contributed by atoms with E-state index in [-0.39, 0.29) is 30.8 Å². The Hall–Kier alpha value is -4.12. The number of carbonyl (C=O) groups excluding carboxylic acids is 1. The zero-order valence-corrected chi connectivity index (χ0v) is 18.2. The summed E-state index contributed by atoms with van der Waals surface area (Å²) < 4.78 is 14.6. The lowest BCUT2D eigenvalue weighted by Gasteiger charge is -2.43. The number of benzene rings is 1. The molecule has 1 unspecified atom stereocenters. The number of amides is 2. The molecule has 0 aliphatic carbocycles. The van der Waals surface area contributed by atoms with E-state index in [9.17, 15) is 29.6 Å². The van der Waals surface area contributed by atoms with Gasteiger partial charge in [0.25, 0.3) is 5.91 Å². The van der Waals surface area contributed by atoms with Crippen molar-refractivity contribution in [2.45, 2.75) is 38.8 Å². The van der Waals surface area contributed by atoms with Crippen LogP contribution in [-0.2, 0) is 0 Å². The number of carboxylic acid groups (broad SMARTS) is 1. The number of nitriles is 2. The highest BCUT2D eigenvalue weighted by atomic mass is 19.1. The molecule has 0 saturated carbocycles. The number of hydrogen-bond donors (Lipinski definition) is 3. The summed E-state index contributed by atoms with van der Waals surface area (Å²) >= 11 is 0. The average molecular weight is 453 g/mol. The number of rotatable bonds is 6. The van der Waals surface area contributed by atoms with Crippen molar-refractivity contribution in [1.29, 1.82) is 10.5 Å². The molecule has 4 N–H and O–H groups in total. The van der Waals surface area contributed by atoms with Crippen LogP contribution in [0.4, 0.5) is 20.7 Å². The number of halogens is 1. The second-order valence-corrected chi connectivity index (χ2v) is 8.63. The summed E-state index contributed by atoms with van der Waals surface area (Å²) in [6.07, 6.45) is 0.636. The molecule has 11 heteroatoms. The number of nitrogens with zero attached hydrogens (tertiary/aromatic N) is 5.